The minimum absolute atomic E-state index is 0.139. The van der Waals surface area contributed by atoms with Crippen LogP contribution in [0.3, 0.4) is 0 Å². The Labute approximate surface area is 125 Å². The molecule has 0 unspecified atom stereocenters. The second-order valence-electron chi connectivity index (χ2n) is 4.06. The zero-order valence-electron chi connectivity index (χ0n) is 11.0. The molecule has 0 bridgehead atoms. The number of nitrogens with zero attached hydrogens (tertiary/aromatic N) is 2. The largest absolute Gasteiger partial charge is 0.478 e. The van der Waals surface area contributed by atoms with E-state index in [1.807, 2.05) is 0 Å². The molecule has 0 saturated carbocycles. The Morgan fingerprint density at radius 3 is 2.67 bits per heavy atom. The van der Waals surface area contributed by atoms with Crippen molar-refractivity contribution in [1.29, 1.82) is 0 Å². The zero-order valence-corrected chi connectivity index (χ0v) is 11.8. The maximum absolute atomic E-state index is 11.8. The Bertz CT molecular complexity index is 634. The molecule has 2 rings (SSSR count). The van der Waals surface area contributed by atoms with Crippen LogP contribution < -0.4 is 5.32 Å². The molecule has 6 nitrogen and oxygen atoms in total. The number of carbonyl (C=O) groups excluding carboxylic acids is 1. The van der Waals surface area contributed by atoms with Crippen molar-refractivity contribution in [2.24, 2.45) is 0 Å². The fraction of sp³-hybridized carbons (Fsp3) is 0.143. The third kappa shape index (κ3) is 4.88. The predicted octanol–water partition coefficient (Wildman–Crippen LogP) is 2.30. The molecule has 0 radical (unpaired) electrons. The Hall–Kier alpha value is -2.41. The standard InChI is InChI=1S/C14H13N3O3S/c18-12(5-8-21-14-15-6-2-7-16-14)17-11-4-1-3-10(9-11)13(19)20/h1-4,6-7,9H,5,8H2,(H,17,18)(H,19,20). The lowest BCUT2D eigenvalue weighted by molar-refractivity contribution is -0.115. The van der Waals surface area contributed by atoms with E-state index in [0.717, 1.165) is 0 Å². The summed E-state index contributed by atoms with van der Waals surface area (Å²) >= 11 is 1.39. The average Bonchev–Trinajstić information content (AvgIpc) is 2.48. The molecule has 0 aliphatic heterocycles. The van der Waals surface area contributed by atoms with Gasteiger partial charge in [0, 0.05) is 30.3 Å². The van der Waals surface area contributed by atoms with E-state index >= 15 is 0 Å². The molecule has 1 aromatic heterocycles. The van der Waals surface area contributed by atoms with E-state index in [1.165, 1.54) is 23.9 Å². The van der Waals surface area contributed by atoms with Gasteiger partial charge in [-0.15, -0.1) is 0 Å². The highest BCUT2D eigenvalue weighted by Gasteiger charge is 2.07. The predicted molar refractivity (Wildman–Crippen MR) is 79.4 cm³/mol. The van der Waals surface area contributed by atoms with Crippen LogP contribution in [0.15, 0.2) is 47.9 Å². The van der Waals surface area contributed by atoms with E-state index in [0.29, 0.717) is 23.0 Å². The summed E-state index contributed by atoms with van der Waals surface area (Å²) in [7, 11) is 0. The van der Waals surface area contributed by atoms with Crippen LogP contribution in [0.5, 0.6) is 0 Å². The van der Waals surface area contributed by atoms with Crippen LogP contribution in [0.25, 0.3) is 0 Å². The maximum atomic E-state index is 11.8. The van der Waals surface area contributed by atoms with Crippen molar-refractivity contribution in [3.8, 4) is 0 Å². The third-order valence-electron chi connectivity index (χ3n) is 2.50. The lowest BCUT2D eigenvalue weighted by atomic mass is 10.2. The van der Waals surface area contributed by atoms with Crippen LogP contribution in [0.1, 0.15) is 16.8 Å². The number of nitrogens with one attached hydrogen (secondary N) is 1. The van der Waals surface area contributed by atoms with Gasteiger partial charge >= 0.3 is 5.97 Å². The van der Waals surface area contributed by atoms with Gasteiger partial charge in [-0.25, -0.2) is 14.8 Å². The van der Waals surface area contributed by atoms with Gasteiger partial charge in [-0.1, -0.05) is 17.8 Å². The third-order valence-corrected chi connectivity index (χ3v) is 3.37. The molecular formula is C14H13N3O3S. The molecule has 108 valence electrons. The molecule has 1 aromatic carbocycles. The smallest absolute Gasteiger partial charge is 0.335 e. The second-order valence-corrected chi connectivity index (χ2v) is 5.13. The van der Waals surface area contributed by atoms with Crippen LogP contribution in [0, 0.1) is 0 Å². The number of thioether (sulfide) groups is 1. The summed E-state index contributed by atoms with van der Waals surface area (Å²) in [4.78, 5) is 30.7. The molecule has 2 N–H and O–H groups in total. The van der Waals surface area contributed by atoms with E-state index in [9.17, 15) is 9.59 Å². The molecule has 0 aliphatic rings. The lowest BCUT2D eigenvalue weighted by Gasteiger charge is -2.05. The molecule has 0 spiro atoms. The number of carboxylic acids is 1. The number of rotatable bonds is 6. The van der Waals surface area contributed by atoms with E-state index in [2.05, 4.69) is 15.3 Å². The molecule has 0 aliphatic carbocycles. The van der Waals surface area contributed by atoms with Crippen molar-refractivity contribution in [1.82, 2.24) is 9.97 Å². The fourth-order valence-corrected chi connectivity index (χ4v) is 2.29. The second kappa shape index (κ2) is 7.39. The highest BCUT2D eigenvalue weighted by atomic mass is 32.2. The molecule has 21 heavy (non-hydrogen) atoms. The lowest BCUT2D eigenvalue weighted by Crippen LogP contribution is -2.12. The molecular weight excluding hydrogens is 290 g/mol. The Morgan fingerprint density at radius 2 is 1.95 bits per heavy atom. The average molecular weight is 303 g/mol. The minimum atomic E-state index is -1.03. The Balaban J connectivity index is 1.82. The van der Waals surface area contributed by atoms with Gasteiger partial charge in [0.15, 0.2) is 5.16 Å². The maximum Gasteiger partial charge on any atom is 0.335 e. The summed E-state index contributed by atoms with van der Waals surface area (Å²) in [6.07, 6.45) is 3.58. The summed E-state index contributed by atoms with van der Waals surface area (Å²) in [6.45, 7) is 0. The molecule has 7 heteroatoms. The van der Waals surface area contributed by atoms with E-state index < -0.39 is 5.97 Å². The molecule has 0 atom stereocenters. The summed E-state index contributed by atoms with van der Waals surface area (Å²) in [5.41, 5.74) is 0.612. The van der Waals surface area contributed by atoms with Gasteiger partial charge in [-0.05, 0) is 24.3 Å². The van der Waals surface area contributed by atoms with Crippen molar-refractivity contribution in [3.63, 3.8) is 0 Å². The SMILES string of the molecule is O=C(CCSc1ncccn1)Nc1cccc(C(=O)O)c1. The number of hydrogen-bond donors (Lipinski definition) is 2. The number of aromatic carboxylic acids is 1. The van der Waals surface area contributed by atoms with Crippen molar-refractivity contribution < 1.29 is 14.7 Å². The van der Waals surface area contributed by atoms with Gasteiger partial charge in [0.25, 0.3) is 0 Å². The Morgan fingerprint density at radius 1 is 1.19 bits per heavy atom. The van der Waals surface area contributed by atoms with E-state index in [1.54, 1.807) is 30.6 Å². The summed E-state index contributed by atoms with van der Waals surface area (Å²) < 4.78 is 0. The number of carboxylic acid groups (broad SMARTS) is 1. The van der Waals surface area contributed by atoms with Crippen LogP contribution in [-0.4, -0.2) is 32.7 Å². The quantitative estimate of drug-likeness (QED) is 0.628. The number of hydrogen-bond acceptors (Lipinski definition) is 5. The van der Waals surface area contributed by atoms with Crippen LogP contribution in [0.4, 0.5) is 5.69 Å². The monoisotopic (exact) mass is 303 g/mol. The summed E-state index contributed by atoms with van der Waals surface area (Å²) in [5, 5.41) is 12.2. The molecule has 1 amide bonds. The molecule has 1 heterocycles. The minimum Gasteiger partial charge on any atom is -0.478 e. The number of aromatic nitrogens is 2. The zero-order chi connectivity index (χ0) is 15.1. The van der Waals surface area contributed by atoms with Crippen LogP contribution in [0.2, 0.25) is 0 Å². The first-order valence-corrected chi connectivity index (χ1v) is 7.17. The normalized spacial score (nSPS) is 10.1. The highest BCUT2D eigenvalue weighted by Crippen LogP contribution is 2.14. The number of carbonyl (C=O) groups is 2. The number of amides is 1. The van der Waals surface area contributed by atoms with E-state index in [4.69, 9.17) is 5.11 Å². The van der Waals surface area contributed by atoms with Crippen molar-refractivity contribution >= 4 is 29.3 Å². The Kier molecular flexibility index (Phi) is 5.28. The molecule has 0 saturated heterocycles. The van der Waals surface area contributed by atoms with Gasteiger partial charge < -0.3 is 10.4 Å². The highest BCUT2D eigenvalue weighted by molar-refractivity contribution is 7.99. The fourth-order valence-electron chi connectivity index (χ4n) is 1.55. The topological polar surface area (TPSA) is 92.2 Å². The first-order valence-electron chi connectivity index (χ1n) is 6.18. The van der Waals surface area contributed by atoms with Gasteiger partial charge in [-0.2, -0.15) is 0 Å². The summed E-state index contributed by atoms with van der Waals surface area (Å²) in [6, 6.07) is 7.86. The first kappa shape index (κ1) is 15.0. The number of benzene rings is 1. The van der Waals surface area contributed by atoms with Gasteiger partial charge in [0.05, 0.1) is 5.56 Å². The molecule has 2 aromatic rings. The van der Waals surface area contributed by atoms with Crippen LogP contribution >= 0.6 is 11.8 Å². The van der Waals surface area contributed by atoms with Gasteiger partial charge in [0.2, 0.25) is 5.91 Å². The van der Waals surface area contributed by atoms with Crippen molar-refractivity contribution in [3.05, 3.63) is 48.3 Å². The molecule has 0 fully saturated rings. The van der Waals surface area contributed by atoms with E-state index in [-0.39, 0.29) is 11.5 Å². The van der Waals surface area contributed by atoms with Gasteiger partial charge in [-0.3, -0.25) is 4.79 Å². The van der Waals surface area contributed by atoms with Crippen molar-refractivity contribution in [2.45, 2.75) is 11.6 Å². The van der Waals surface area contributed by atoms with Gasteiger partial charge in [0.1, 0.15) is 0 Å². The van der Waals surface area contributed by atoms with Crippen molar-refractivity contribution in [2.75, 3.05) is 11.1 Å². The first-order chi connectivity index (χ1) is 10.1. The number of anilines is 1. The van der Waals surface area contributed by atoms with Crippen LogP contribution in [-0.2, 0) is 4.79 Å². The summed E-state index contributed by atoms with van der Waals surface area (Å²) in [5.74, 6) is -0.655.